The third-order valence-corrected chi connectivity index (χ3v) is 3.77. The largest absolute Gasteiger partial charge is 0.481 e. The molecule has 2 rings (SSSR count). The summed E-state index contributed by atoms with van der Waals surface area (Å²) < 4.78 is 14.2. The van der Waals surface area contributed by atoms with Crippen molar-refractivity contribution >= 4 is 33.5 Å². The van der Waals surface area contributed by atoms with E-state index in [-0.39, 0.29) is 5.69 Å². The van der Waals surface area contributed by atoms with E-state index in [1.54, 1.807) is 12.2 Å². The third kappa shape index (κ3) is 3.25. The number of hydrogen-bond donors (Lipinski definition) is 2. The van der Waals surface area contributed by atoms with Gasteiger partial charge in [-0.3, -0.25) is 9.59 Å². The van der Waals surface area contributed by atoms with Crippen LogP contribution in [-0.2, 0) is 9.59 Å². The predicted molar refractivity (Wildman–Crippen MR) is 75.7 cm³/mol. The molecule has 0 aromatic heterocycles. The molecule has 0 heterocycles. The molecular weight excluding hydrogens is 329 g/mol. The lowest BCUT2D eigenvalue weighted by atomic mass is 9.82. The predicted octanol–water partition coefficient (Wildman–Crippen LogP) is 3.19. The molecule has 1 aliphatic carbocycles. The number of allylic oxidation sites excluding steroid dienone is 2. The van der Waals surface area contributed by atoms with Crippen LogP contribution in [0.4, 0.5) is 10.1 Å². The molecule has 0 bridgehead atoms. The molecule has 0 saturated carbocycles. The topological polar surface area (TPSA) is 66.4 Å². The van der Waals surface area contributed by atoms with E-state index in [1.807, 2.05) is 0 Å². The maximum Gasteiger partial charge on any atom is 0.307 e. The highest BCUT2D eigenvalue weighted by Gasteiger charge is 2.34. The van der Waals surface area contributed by atoms with Crippen LogP contribution in [0.15, 0.2) is 34.8 Å². The zero-order chi connectivity index (χ0) is 14.7. The normalized spacial score (nSPS) is 21.5. The van der Waals surface area contributed by atoms with Crippen LogP contribution in [0, 0.1) is 17.7 Å². The number of rotatable bonds is 3. The molecular formula is C14H13BrFNO3. The zero-order valence-electron chi connectivity index (χ0n) is 10.5. The van der Waals surface area contributed by atoms with Crippen LogP contribution < -0.4 is 5.32 Å². The van der Waals surface area contributed by atoms with E-state index in [2.05, 4.69) is 21.2 Å². The first-order valence-electron chi connectivity index (χ1n) is 6.12. The molecule has 4 nitrogen and oxygen atoms in total. The number of anilines is 1. The van der Waals surface area contributed by atoms with Gasteiger partial charge in [0.1, 0.15) is 5.82 Å². The maximum atomic E-state index is 13.6. The van der Waals surface area contributed by atoms with Gasteiger partial charge >= 0.3 is 5.97 Å². The summed E-state index contributed by atoms with van der Waals surface area (Å²) in [6, 6.07) is 4.20. The molecule has 0 aliphatic heterocycles. The van der Waals surface area contributed by atoms with E-state index in [9.17, 15) is 14.0 Å². The van der Waals surface area contributed by atoms with Crippen molar-refractivity contribution < 1.29 is 19.1 Å². The Hall–Kier alpha value is -1.69. The molecule has 1 amide bonds. The van der Waals surface area contributed by atoms with Crippen LogP contribution in [-0.4, -0.2) is 17.0 Å². The highest BCUT2D eigenvalue weighted by atomic mass is 79.9. The fraction of sp³-hybridized carbons (Fsp3) is 0.286. The van der Waals surface area contributed by atoms with Crippen LogP contribution >= 0.6 is 15.9 Å². The molecule has 6 heteroatoms. The monoisotopic (exact) mass is 341 g/mol. The second-order valence-electron chi connectivity index (χ2n) is 4.61. The van der Waals surface area contributed by atoms with E-state index < -0.39 is 29.5 Å². The first-order chi connectivity index (χ1) is 9.49. The number of carboxylic acid groups (broad SMARTS) is 1. The lowest BCUT2D eigenvalue weighted by molar-refractivity contribution is -0.146. The van der Waals surface area contributed by atoms with Crippen molar-refractivity contribution in [2.75, 3.05) is 5.32 Å². The van der Waals surface area contributed by atoms with E-state index in [0.717, 1.165) is 0 Å². The Balaban J connectivity index is 2.16. The van der Waals surface area contributed by atoms with Gasteiger partial charge in [-0.2, -0.15) is 0 Å². The second kappa shape index (κ2) is 6.17. The van der Waals surface area contributed by atoms with Gasteiger partial charge < -0.3 is 10.4 Å². The van der Waals surface area contributed by atoms with Crippen molar-refractivity contribution in [2.45, 2.75) is 12.8 Å². The molecule has 0 radical (unpaired) electrons. The Morgan fingerprint density at radius 3 is 2.55 bits per heavy atom. The first-order valence-corrected chi connectivity index (χ1v) is 6.92. The van der Waals surface area contributed by atoms with Crippen LogP contribution in [0.2, 0.25) is 0 Å². The molecule has 1 aromatic carbocycles. The van der Waals surface area contributed by atoms with Gasteiger partial charge in [-0.1, -0.05) is 28.1 Å². The van der Waals surface area contributed by atoms with Crippen LogP contribution in [0.1, 0.15) is 12.8 Å². The van der Waals surface area contributed by atoms with Crippen molar-refractivity contribution in [3.05, 3.63) is 40.6 Å². The molecule has 1 aliphatic rings. The van der Waals surface area contributed by atoms with Gasteiger partial charge in [-0.25, -0.2) is 4.39 Å². The number of hydrogen-bond acceptors (Lipinski definition) is 2. The van der Waals surface area contributed by atoms with Crippen LogP contribution in [0.3, 0.4) is 0 Å². The fourth-order valence-electron chi connectivity index (χ4n) is 2.20. The Morgan fingerprint density at radius 1 is 1.25 bits per heavy atom. The van der Waals surface area contributed by atoms with Gasteiger partial charge in [0, 0.05) is 4.47 Å². The molecule has 106 valence electrons. The minimum atomic E-state index is -1.01. The number of amides is 1. The minimum Gasteiger partial charge on any atom is -0.481 e. The Bertz CT molecular complexity index is 574. The van der Waals surface area contributed by atoms with E-state index in [4.69, 9.17) is 5.11 Å². The van der Waals surface area contributed by atoms with Crippen LogP contribution in [0.5, 0.6) is 0 Å². The molecule has 2 atom stereocenters. The van der Waals surface area contributed by atoms with Crippen molar-refractivity contribution in [2.24, 2.45) is 11.8 Å². The number of benzene rings is 1. The Labute approximate surface area is 123 Å². The van der Waals surface area contributed by atoms with Crippen molar-refractivity contribution in [1.82, 2.24) is 0 Å². The molecule has 0 saturated heterocycles. The fourth-order valence-corrected chi connectivity index (χ4v) is 2.56. The summed E-state index contributed by atoms with van der Waals surface area (Å²) in [5, 5.41) is 11.6. The Kier molecular flexibility index (Phi) is 4.54. The van der Waals surface area contributed by atoms with Gasteiger partial charge in [0.05, 0.1) is 17.5 Å². The van der Waals surface area contributed by atoms with E-state index >= 15 is 0 Å². The standard InChI is InChI=1S/C14H13BrFNO3/c15-8-5-6-11(16)12(7-8)17-13(18)9-3-1-2-4-10(9)14(19)20/h1-2,5-7,9-10H,3-4H2,(H,17,18)(H,19,20)/t9-,10+/m1/s1. The van der Waals surface area contributed by atoms with Gasteiger partial charge in [-0.15, -0.1) is 0 Å². The number of aliphatic carboxylic acids is 1. The van der Waals surface area contributed by atoms with Gasteiger partial charge in [0.25, 0.3) is 0 Å². The number of nitrogens with one attached hydrogen (secondary N) is 1. The second-order valence-corrected chi connectivity index (χ2v) is 5.52. The number of carboxylic acids is 1. The van der Waals surface area contributed by atoms with Gasteiger partial charge in [0.15, 0.2) is 0 Å². The minimum absolute atomic E-state index is 0.0445. The van der Waals surface area contributed by atoms with E-state index in [1.165, 1.54) is 18.2 Å². The number of carbonyl (C=O) groups excluding carboxylic acids is 1. The summed E-state index contributed by atoms with van der Waals surface area (Å²) in [5.41, 5.74) is 0.0445. The van der Waals surface area contributed by atoms with Crippen molar-refractivity contribution in [3.63, 3.8) is 0 Å². The summed E-state index contributed by atoms with van der Waals surface area (Å²) in [7, 11) is 0. The highest BCUT2D eigenvalue weighted by Crippen LogP contribution is 2.28. The average molecular weight is 342 g/mol. The van der Waals surface area contributed by atoms with E-state index in [0.29, 0.717) is 17.3 Å². The molecule has 20 heavy (non-hydrogen) atoms. The molecule has 2 N–H and O–H groups in total. The van der Waals surface area contributed by atoms with Gasteiger partial charge in [0.2, 0.25) is 5.91 Å². The number of halogens is 2. The lowest BCUT2D eigenvalue weighted by Crippen LogP contribution is -2.34. The van der Waals surface area contributed by atoms with Gasteiger partial charge in [-0.05, 0) is 31.0 Å². The zero-order valence-corrected chi connectivity index (χ0v) is 12.1. The highest BCUT2D eigenvalue weighted by molar-refractivity contribution is 9.10. The summed E-state index contributed by atoms with van der Waals surface area (Å²) in [6.45, 7) is 0. The van der Waals surface area contributed by atoms with Crippen LogP contribution in [0.25, 0.3) is 0 Å². The summed E-state index contributed by atoms with van der Waals surface area (Å²) in [5.74, 6) is -3.49. The third-order valence-electron chi connectivity index (χ3n) is 3.27. The summed E-state index contributed by atoms with van der Waals surface area (Å²) >= 11 is 3.19. The lowest BCUT2D eigenvalue weighted by Gasteiger charge is -2.24. The quantitative estimate of drug-likeness (QED) is 0.829. The maximum absolute atomic E-state index is 13.6. The summed E-state index contributed by atoms with van der Waals surface area (Å²) in [4.78, 5) is 23.3. The first kappa shape index (κ1) is 14.7. The molecule has 0 spiro atoms. The molecule has 0 unspecified atom stereocenters. The Morgan fingerprint density at radius 2 is 1.90 bits per heavy atom. The van der Waals surface area contributed by atoms with Crippen molar-refractivity contribution in [3.8, 4) is 0 Å². The summed E-state index contributed by atoms with van der Waals surface area (Å²) in [6.07, 6.45) is 4.19. The SMILES string of the molecule is O=C(O)[C@H]1CC=CC[C@H]1C(=O)Nc1cc(Br)ccc1F. The number of carbonyl (C=O) groups is 2. The molecule has 1 aromatic rings. The average Bonchev–Trinajstić information content (AvgIpc) is 2.42. The smallest absolute Gasteiger partial charge is 0.307 e. The van der Waals surface area contributed by atoms with Crippen molar-refractivity contribution in [1.29, 1.82) is 0 Å². The molecule has 0 fully saturated rings.